The van der Waals surface area contributed by atoms with Gasteiger partial charge in [0.25, 0.3) is 0 Å². The van der Waals surface area contributed by atoms with Gasteiger partial charge in [-0.3, -0.25) is 0 Å². The van der Waals surface area contributed by atoms with Crippen LogP contribution in [0.25, 0.3) is 0 Å². The summed E-state index contributed by atoms with van der Waals surface area (Å²) in [5, 5.41) is 0. The second-order valence-electron chi connectivity index (χ2n) is 2.16. The van der Waals surface area contributed by atoms with E-state index in [-0.39, 0.29) is 5.60 Å². The zero-order valence-electron chi connectivity index (χ0n) is 5.77. The summed E-state index contributed by atoms with van der Waals surface area (Å²) in [7, 11) is 0. The monoisotopic (exact) mass is 113 g/mol. The minimum absolute atomic E-state index is 0.200. The maximum atomic E-state index is 5.14. The number of rotatable bonds is 3. The molecular weight excluding hydrogens is 100 g/mol. The average molecular weight is 113 g/mol. The summed E-state index contributed by atoms with van der Waals surface area (Å²) in [4.78, 5) is 0. The minimum Gasteiger partial charge on any atom is -0.366 e. The van der Waals surface area contributed by atoms with Crippen molar-refractivity contribution in [2.75, 3.05) is 0 Å². The molecule has 0 rings (SSSR count). The summed E-state index contributed by atoms with van der Waals surface area (Å²) in [5.41, 5.74) is -0.200. The maximum Gasteiger partial charge on any atom is 0.0817 e. The normalized spacial score (nSPS) is 11.4. The first-order valence-electron chi connectivity index (χ1n) is 2.71. The van der Waals surface area contributed by atoms with Gasteiger partial charge in [-0.25, -0.2) is 0 Å². The van der Waals surface area contributed by atoms with E-state index in [1.54, 1.807) is 12.7 Å². The Hall–Kier alpha value is -0.300. The van der Waals surface area contributed by atoms with Gasteiger partial charge in [-0.05, 0) is 20.8 Å². The van der Waals surface area contributed by atoms with Crippen molar-refractivity contribution in [3.63, 3.8) is 0 Å². The smallest absolute Gasteiger partial charge is 0.0817 e. The highest BCUT2D eigenvalue weighted by Gasteiger charge is 2.10. The van der Waals surface area contributed by atoms with Crippen LogP contribution in [0.4, 0.5) is 0 Å². The van der Waals surface area contributed by atoms with E-state index in [1.807, 2.05) is 20.8 Å². The molecule has 0 aliphatic heterocycles. The molecule has 0 amide bonds. The molecule has 1 nitrogen and oxygen atoms in total. The quantitative estimate of drug-likeness (QED) is 0.509. The molecule has 0 aromatic heterocycles. The molecule has 0 saturated heterocycles. The summed E-state index contributed by atoms with van der Waals surface area (Å²) in [5.74, 6) is 0. The third-order valence-corrected chi connectivity index (χ3v) is 0.913. The molecule has 0 unspecified atom stereocenters. The third kappa shape index (κ3) is 2.80. The lowest BCUT2D eigenvalue weighted by Gasteiger charge is -2.18. The molecule has 0 saturated carbocycles. The second kappa shape index (κ2) is 2.88. The fraction of sp³-hybridized carbons (Fsp3) is 0.571. The van der Waals surface area contributed by atoms with Gasteiger partial charge in [0.2, 0.25) is 0 Å². The Balaban J connectivity index is 3.53. The maximum absolute atomic E-state index is 5.14. The predicted octanol–water partition coefficient (Wildman–Crippen LogP) is 2.15. The van der Waals surface area contributed by atoms with E-state index in [1.165, 1.54) is 0 Å². The van der Waals surface area contributed by atoms with Crippen LogP contribution in [0.2, 0.25) is 0 Å². The molecule has 0 aliphatic carbocycles. The van der Waals surface area contributed by atoms with Crippen LogP contribution in [0.15, 0.2) is 12.7 Å². The van der Waals surface area contributed by atoms with E-state index >= 15 is 0 Å². The molecule has 0 bridgehead atoms. The Labute approximate surface area is 51.4 Å². The van der Waals surface area contributed by atoms with Gasteiger partial charge in [0, 0.05) is 0 Å². The molecule has 47 valence electrons. The second-order valence-corrected chi connectivity index (χ2v) is 2.16. The molecule has 0 heterocycles. The molecule has 0 fully saturated rings. The van der Waals surface area contributed by atoms with Gasteiger partial charge in [-0.1, -0.05) is 6.08 Å². The van der Waals surface area contributed by atoms with E-state index in [0.29, 0.717) is 0 Å². The van der Waals surface area contributed by atoms with Crippen LogP contribution < -0.4 is 0 Å². The van der Waals surface area contributed by atoms with E-state index in [4.69, 9.17) is 4.74 Å². The van der Waals surface area contributed by atoms with Gasteiger partial charge in [0.1, 0.15) is 0 Å². The number of hydrogen-bond donors (Lipinski definition) is 0. The van der Waals surface area contributed by atoms with Crippen molar-refractivity contribution < 1.29 is 4.74 Å². The molecule has 0 aromatic rings. The first-order chi connectivity index (χ1) is 3.62. The molecule has 0 spiro atoms. The summed E-state index contributed by atoms with van der Waals surface area (Å²) in [6.45, 7) is 11.0. The van der Waals surface area contributed by atoms with Crippen molar-refractivity contribution >= 4 is 0 Å². The topological polar surface area (TPSA) is 9.23 Å². The molecule has 0 aliphatic rings. The van der Waals surface area contributed by atoms with Crippen LogP contribution >= 0.6 is 0 Å². The van der Waals surface area contributed by atoms with Gasteiger partial charge in [0.15, 0.2) is 0 Å². The first-order valence-corrected chi connectivity index (χ1v) is 2.71. The van der Waals surface area contributed by atoms with Crippen LogP contribution in [-0.2, 0) is 4.74 Å². The molecule has 0 aromatic carbocycles. The Kier molecular flexibility index (Phi) is 2.77. The largest absolute Gasteiger partial charge is 0.366 e. The van der Waals surface area contributed by atoms with Crippen molar-refractivity contribution in [3.8, 4) is 0 Å². The average Bonchev–Trinajstić information content (AvgIpc) is 1.67. The highest BCUT2D eigenvalue weighted by Crippen LogP contribution is 2.09. The predicted molar refractivity (Wildman–Crippen MR) is 35.3 cm³/mol. The van der Waals surface area contributed by atoms with Crippen molar-refractivity contribution in [1.82, 2.24) is 0 Å². The van der Waals surface area contributed by atoms with Crippen molar-refractivity contribution in [1.29, 1.82) is 0 Å². The van der Waals surface area contributed by atoms with Crippen molar-refractivity contribution in [3.05, 3.63) is 19.3 Å². The van der Waals surface area contributed by atoms with E-state index in [0.717, 1.165) is 0 Å². The summed E-state index contributed by atoms with van der Waals surface area (Å²) in [6.07, 6.45) is 1.77. The van der Waals surface area contributed by atoms with E-state index in [9.17, 15) is 0 Å². The summed E-state index contributed by atoms with van der Waals surface area (Å²) < 4.78 is 5.14. The van der Waals surface area contributed by atoms with Crippen LogP contribution in [0.5, 0.6) is 0 Å². The van der Waals surface area contributed by atoms with Gasteiger partial charge < -0.3 is 4.74 Å². The fourth-order valence-corrected chi connectivity index (χ4v) is 0.352. The van der Waals surface area contributed by atoms with Crippen molar-refractivity contribution in [2.45, 2.75) is 26.4 Å². The van der Waals surface area contributed by atoms with Crippen LogP contribution in [0.1, 0.15) is 20.8 Å². The highest BCUT2D eigenvalue weighted by atomic mass is 16.5. The first kappa shape index (κ1) is 7.70. The Morgan fingerprint density at radius 2 is 2.00 bits per heavy atom. The standard InChI is InChI=1S/C7H13O/c1-5-7(3,4)8-6-2/h5-6H,1H2,2-4H3. The third-order valence-electron chi connectivity index (χ3n) is 0.913. The molecule has 1 radical (unpaired) electrons. The molecule has 0 N–H and O–H groups in total. The lowest BCUT2D eigenvalue weighted by Crippen LogP contribution is -2.18. The van der Waals surface area contributed by atoms with Crippen LogP contribution in [0, 0.1) is 6.61 Å². The minimum atomic E-state index is -0.200. The van der Waals surface area contributed by atoms with E-state index in [2.05, 4.69) is 6.58 Å². The Morgan fingerprint density at radius 3 is 2.12 bits per heavy atom. The molecule has 0 atom stereocenters. The zero-order chi connectivity index (χ0) is 6.62. The fourth-order valence-electron chi connectivity index (χ4n) is 0.352. The SMILES string of the molecule is C=CC(C)(C)O[CH]C. The Bertz CT molecular complexity index is 74.5. The molecular formula is C7H13O. The van der Waals surface area contributed by atoms with Crippen molar-refractivity contribution in [2.24, 2.45) is 0 Å². The molecule has 8 heavy (non-hydrogen) atoms. The van der Waals surface area contributed by atoms with Gasteiger partial charge in [0.05, 0.1) is 12.2 Å². The highest BCUT2D eigenvalue weighted by molar-refractivity contribution is 4.89. The summed E-state index contributed by atoms with van der Waals surface area (Å²) >= 11 is 0. The van der Waals surface area contributed by atoms with Gasteiger partial charge in [-0.2, -0.15) is 0 Å². The Morgan fingerprint density at radius 1 is 1.50 bits per heavy atom. The van der Waals surface area contributed by atoms with Crippen LogP contribution in [-0.4, -0.2) is 5.60 Å². The van der Waals surface area contributed by atoms with Gasteiger partial charge >= 0.3 is 0 Å². The van der Waals surface area contributed by atoms with Crippen LogP contribution in [0.3, 0.4) is 0 Å². The lowest BCUT2D eigenvalue weighted by atomic mass is 10.1. The summed E-state index contributed by atoms with van der Waals surface area (Å²) in [6, 6.07) is 0. The van der Waals surface area contributed by atoms with Gasteiger partial charge in [-0.15, -0.1) is 6.58 Å². The number of hydrogen-bond acceptors (Lipinski definition) is 1. The molecule has 1 heteroatoms. The number of ether oxygens (including phenoxy) is 1. The van der Waals surface area contributed by atoms with E-state index < -0.39 is 0 Å². The lowest BCUT2D eigenvalue weighted by molar-refractivity contribution is 0.0722. The zero-order valence-corrected chi connectivity index (χ0v) is 5.77.